The summed E-state index contributed by atoms with van der Waals surface area (Å²) in [4.78, 5) is 11.2. The highest BCUT2D eigenvalue weighted by atomic mass is 16.4. The van der Waals surface area contributed by atoms with Crippen LogP contribution in [0, 0.1) is 5.92 Å². The fourth-order valence-electron chi connectivity index (χ4n) is 3.02. The van der Waals surface area contributed by atoms with E-state index in [4.69, 9.17) is 0 Å². The van der Waals surface area contributed by atoms with Crippen LogP contribution in [0.4, 0.5) is 0 Å². The smallest absolute Gasteiger partial charge is 0.320 e. The second-order valence-electron chi connectivity index (χ2n) is 5.99. The van der Waals surface area contributed by atoms with E-state index >= 15 is 0 Å². The molecule has 19 heavy (non-hydrogen) atoms. The fourth-order valence-corrected chi connectivity index (χ4v) is 3.02. The van der Waals surface area contributed by atoms with E-state index in [-0.39, 0.29) is 6.04 Å². The van der Waals surface area contributed by atoms with Gasteiger partial charge in [-0.3, -0.25) is 4.79 Å². The largest absolute Gasteiger partial charge is 0.480 e. The Hall–Kier alpha value is -0.570. The van der Waals surface area contributed by atoms with E-state index in [2.05, 4.69) is 12.2 Å². The van der Waals surface area contributed by atoms with Gasteiger partial charge in [0.05, 0.1) is 0 Å². The Morgan fingerprint density at radius 1 is 1.21 bits per heavy atom. The van der Waals surface area contributed by atoms with E-state index in [1.165, 1.54) is 51.4 Å². The normalized spacial score (nSPS) is 17.7. The number of hydrogen-bond donors (Lipinski definition) is 2. The Balaban J connectivity index is 2.08. The van der Waals surface area contributed by atoms with Gasteiger partial charge in [-0.05, 0) is 31.7 Å². The molecular weight excluding hydrogens is 238 g/mol. The van der Waals surface area contributed by atoms with Crippen LogP contribution in [-0.4, -0.2) is 23.7 Å². The van der Waals surface area contributed by atoms with Crippen molar-refractivity contribution in [3.8, 4) is 0 Å². The molecule has 3 nitrogen and oxygen atoms in total. The maximum Gasteiger partial charge on any atom is 0.320 e. The van der Waals surface area contributed by atoms with Crippen LogP contribution >= 0.6 is 0 Å². The average Bonchev–Trinajstić information content (AvgIpc) is 2.89. The fraction of sp³-hybridized carbons (Fsp3) is 0.938. The lowest BCUT2D eigenvalue weighted by Crippen LogP contribution is -2.37. The van der Waals surface area contributed by atoms with Gasteiger partial charge in [0.25, 0.3) is 0 Å². The van der Waals surface area contributed by atoms with Crippen molar-refractivity contribution in [2.45, 2.75) is 83.6 Å². The minimum atomic E-state index is -0.674. The molecule has 0 heterocycles. The summed E-state index contributed by atoms with van der Waals surface area (Å²) in [5, 5.41) is 12.4. The molecule has 1 unspecified atom stereocenters. The minimum absolute atomic E-state index is 0.327. The number of unbranched alkanes of at least 4 members (excludes halogenated alkanes) is 4. The van der Waals surface area contributed by atoms with E-state index in [0.29, 0.717) is 0 Å². The quantitative estimate of drug-likeness (QED) is 0.558. The second kappa shape index (κ2) is 10.2. The lowest BCUT2D eigenvalue weighted by atomic mass is 9.98. The Labute approximate surface area is 118 Å². The van der Waals surface area contributed by atoms with E-state index in [1.807, 2.05) is 0 Å². The number of rotatable bonds is 11. The van der Waals surface area contributed by atoms with Crippen LogP contribution in [0.2, 0.25) is 0 Å². The maximum atomic E-state index is 11.2. The van der Waals surface area contributed by atoms with Gasteiger partial charge in [-0.15, -0.1) is 0 Å². The highest BCUT2D eigenvalue weighted by Gasteiger charge is 2.20. The zero-order chi connectivity index (χ0) is 13.9. The second-order valence-corrected chi connectivity index (χ2v) is 5.99. The molecule has 1 saturated carbocycles. The summed E-state index contributed by atoms with van der Waals surface area (Å²) in [5.41, 5.74) is 0. The van der Waals surface area contributed by atoms with Gasteiger partial charge in [0.1, 0.15) is 6.04 Å². The number of carboxylic acid groups (broad SMARTS) is 1. The summed E-state index contributed by atoms with van der Waals surface area (Å²) in [6.45, 7) is 3.06. The minimum Gasteiger partial charge on any atom is -0.480 e. The molecule has 0 amide bonds. The van der Waals surface area contributed by atoms with Crippen molar-refractivity contribution in [1.29, 1.82) is 0 Å². The third-order valence-electron chi connectivity index (χ3n) is 4.31. The number of carbonyl (C=O) groups is 1. The molecule has 1 rings (SSSR count). The number of carboxylic acids is 1. The van der Waals surface area contributed by atoms with Gasteiger partial charge in [0, 0.05) is 0 Å². The predicted molar refractivity (Wildman–Crippen MR) is 79.4 cm³/mol. The number of hydrogen-bond acceptors (Lipinski definition) is 2. The van der Waals surface area contributed by atoms with Crippen molar-refractivity contribution in [2.75, 3.05) is 6.54 Å². The van der Waals surface area contributed by atoms with Crippen molar-refractivity contribution in [2.24, 2.45) is 5.92 Å². The Bertz CT molecular complexity index is 237. The molecule has 0 bridgehead atoms. The van der Waals surface area contributed by atoms with E-state index in [1.54, 1.807) is 0 Å². The molecule has 1 atom stereocenters. The molecule has 0 aromatic rings. The molecule has 0 aromatic heterocycles. The first-order chi connectivity index (χ1) is 9.24. The monoisotopic (exact) mass is 269 g/mol. The first-order valence-electron chi connectivity index (χ1n) is 8.20. The summed E-state index contributed by atoms with van der Waals surface area (Å²) in [6.07, 6.45) is 13.3. The van der Waals surface area contributed by atoms with Crippen LogP contribution in [0.1, 0.15) is 77.6 Å². The van der Waals surface area contributed by atoms with Crippen LogP contribution in [-0.2, 0) is 4.79 Å². The average molecular weight is 269 g/mol. The van der Waals surface area contributed by atoms with E-state index in [0.717, 1.165) is 31.7 Å². The highest BCUT2D eigenvalue weighted by molar-refractivity contribution is 5.73. The predicted octanol–water partition coefficient (Wildman–Crippen LogP) is 3.97. The first kappa shape index (κ1) is 16.5. The third kappa shape index (κ3) is 7.56. The molecule has 2 N–H and O–H groups in total. The van der Waals surface area contributed by atoms with Crippen LogP contribution < -0.4 is 5.32 Å². The van der Waals surface area contributed by atoms with Gasteiger partial charge in [0.2, 0.25) is 0 Å². The maximum absolute atomic E-state index is 11.2. The molecular formula is C16H31NO2. The topological polar surface area (TPSA) is 49.3 Å². The Kier molecular flexibility index (Phi) is 8.89. The molecule has 0 spiro atoms. The third-order valence-corrected chi connectivity index (χ3v) is 4.31. The van der Waals surface area contributed by atoms with Crippen LogP contribution in [0.25, 0.3) is 0 Å². The van der Waals surface area contributed by atoms with Gasteiger partial charge < -0.3 is 10.4 Å². The van der Waals surface area contributed by atoms with Crippen molar-refractivity contribution in [3.05, 3.63) is 0 Å². The van der Waals surface area contributed by atoms with Crippen molar-refractivity contribution >= 4 is 5.97 Å². The molecule has 1 aliphatic rings. The van der Waals surface area contributed by atoms with Gasteiger partial charge in [-0.2, -0.15) is 0 Å². The lowest BCUT2D eigenvalue weighted by molar-refractivity contribution is -0.139. The van der Waals surface area contributed by atoms with Gasteiger partial charge in [-0.1, -0.05) is 58.3 Å². The van der Waals surface area contributed by atoms with E-state index < -0.39 is 5.97 Å². The molecule has 1 fully saturated rings. The molecule has 112 valence electrons. The number of nitrogens with one attached hydrogen (secondary N) is 1. The summed E-state index contributed by atoms with van der Waals surface area (Å²) in [7, 11) is 0. The van der Waals surface area contributed by atoms with Crippen LogP contribution in [0.3, 0.4) is 0 Å². The molecule has 0 aromatic carbocycles. The zero-order valence-electron chi connectivity index (χ0n) is 12.5. The molecule has 0 saturated heterocycles. The highest BCUT2D eigenvalue weighted by Crippen LogP contribution is 2.28. The summed E-state index contributed by atoms with van der Waals surface area (Å²) in [6, 6.07) is -0.327. The number of aliphatic carboxylic acids is 1. The molecule has 3 heteroatoms. The molecule has 1 aliphatic carbocycles. The van der Waals surface area contributed by atoms with E-state index in [9.17, 15) is 9.90 Å². The van der Waals surface area contributed by atoms with Crippen molar-refractivity contribution in [1.82, 2.24) is 5.32 Å². The first-order valence-corrected chi connectivity index (χ1v) is 8.20. The van der Waals surface area contributed by atoms with Gasteiger partial charge in [0.15, 0.2) is 0 Å². The van der Waals surface area contributed by atoms with Crippen molar-refractivity contribution in [3.63, 3.8) is 0 Å². The SMILES string of the molecule is CCCCCCCNC(CCC1CCCC1)C(=O)O. The van der Waals surface area contributed by atoms with Crippen LogP contribution in [0.5, 0.6) is 0 Å². The summed E-state index contributed by atoms with van der Waals surface area (Å²) >= 11 is 0. The zero-order valence-corrected chi connectivity index (χ0v) is 12.5. The summed E-state index contributed by atoms with van der Waals surface area (Å²) in [5.74, 6) is 0.111. The lowest BCUT2D eigenvalue weighted by Gasteiger charge is -2.16. The van der Waals surface area contributed by atoms with Gasteiger partial charge >= 0.3 is 5.97 Å². The molecule has 0 aliphatic heterocycles. The molecule has 0 radical (unpaired) electrons. The Morgan fingerprint density at radius 3 is 2.53 bits per heavy atom. The van der Waals surface area contributed by atoms with Crippen LogP contribution in [0.15, 0.2) is 0 Å². The van der Waals surface area contributed by atoms with Gasteiger partial charge in [-0.25, -0.2) is 0 Å². The standard InChI is InChI=1S/C16H31NO2/c1-2-3-4-5-8-13-17-15(16(18)19)12-11-14-9-6-7-10-14/h14-15,17H,2-13H2,1H3,(H,18,19). The van der Waals surface area contributed by atoms with Crippen molar-refractivity contribution < 1.29 is 9.90 Å². The summed E-state index contributed by atoms with van der Waals surface area (Å²) < 4.78 is 0. The Morgan fingerprint density at radius 2 is 1.89 bits per heavy atom.